The average Bonchev–Trinajstić information content (AvgIpc) is 3.26. The van der Waals surface area contributed by atoms with Gasteiger partial charge in [-0.2, -0.15) is 0 Å². The minimum absolute atomic E-state index is 0.0616. The average molecular weight is 484 g/mol. The van der Waals surface area contributed by atoms with Gasteiger partial charge in [-0.15, -0.1) is 11.8 Å². The molecule has 1 aliphatic heterocycles. The standard InChI is InChI=1S/C26H33N3O4S/c1-28-12-3-4-25(28)34-15-14-29-13-10-18(22(17-29)26(31)32)5-8-24(30)20-9-11-27-23-7-6-19(33-2)16-21(20)23/h3-4,6-7,9,11-12,16,18,22,24,30H,5,8,10,13-15,17H2,1-2H3,(H,31,32)/t18-,22+,24+/m1/s1. The van der Waals surface area contributed by atoms with Crippen LogP contribution in [0.4, 0.5) is 0 Å². The molecule has 1 aromatic carbocycles. The Morgan fingerprint density at radius 1 is 1.32 bits per heavy atom. The number of benzene rings is 1. The van der Waals surface area contributed by atoms with Crippen LogP contribution in [0.3, 0.4) is 0 Å². The first kappa shape index (κ1) is 24.6. The highest BCUT2D eigenvalue weighted by molar-refractivity contribution is 7.99. The number of rotatable bonds is 10. The van der Waals surface area contributed by atoms with E-state index in [4.69, 9.17) is 4.74 Å². The van der Waals surface area contributed by atoms with Crippen molar-refractivity contribution in [2.45, 2.75) is 30.4 Å². The van der Waals surface area contributed by atoms with Gasteiger partial charge in [-0.25, -0.2) is 0 Å². The van der Waals surface area contributed by atoms with Crippen LogP contribution in [0.1, 0.15) is 30.9 Å². The molecule has 8 heteroatoms. The summed E-state index contributed by atoms with van der Waals surface area (Å²) < 4.78 is 7.44. The van der Waals surface area contributed by atoms with Crippen molar-refractivity contribution >= 4 is 28.6 Å². The van der Waals surface area contributed by atoms with Gasteiger partial charge in [0.25, 0.3) is 0 Å². The molecule has 2 aromatic heterocycles. The summed E-state index contributed by atoms with van der Waals surface area (Å²) in [6.45, 7) is 2.34. The van der Waals surface area contributed by atoms with Crippen molar-refractivity contribution in [2.24, 2.45) is 18.9 Å². The van der Waals surface area contributed by atoms with E-state index in [1.807, 2.05) is 43.6 Å². The number of methoxy groups -OCH3 is 1. The molecular formula is C26H33N3O4S. The lowest BCUT2D eigenvalue weighted by molar-refractivity contribution is -0.146. The van der Waals surface area contributed by atoms with Crippen LogP contribution in [0.15, 0.2) is 53.8 Å². The third-order valence-corrected chi connectivity index (χ3v) is 7.97. The number of ether oxygens (including phenoxy) is 1. The number of fused-ring (bicyclic) bond motifs is 1. The number of aliphatic hydroxyl groups is 1. The highest BCUT2D eigenvalue weighted by atomic mass is 32.2. The van der Waals surface area contributed by atoms with Gasteiger partial charge in [0.15, 0.2) is 0 Å². The lowest BCUT2D eigenvalue weighted by Crippen LogP contribution is -2.44. The fourth-order valence-electron chi connectivity index (χ4n) is 4.86. The molecule has 1 saturated heterocycles. The fourth-order valence-corrected chi connectivity index (χ4v) is 5.86. The molecule has 1 fully saturated rings. The van der Waals surface area contributed by atoms with Crippen molar-refractivity contribution in [1.82, 2.24) is 14.5 Å². The first-order chi connectivity index (χ1) is 16.5. The summed E-state index contributed by atoms with van der Waals surface area (Å²) in [4.78, 5) is 18.7. The minimum atomic E-state index is -0.738. The van der Waals surface area contributed by atoms with Gasteiger partial charge in [0.2, 0.25) is 0 Å². The van der Waals surface area contributed by atoms with Crippen LogP contribution in [0.2, 0.25) is 0 Å². The Morgan fingerprint density at radius 3 is 2.91 bits per heavy atom. The summed E-state index contributed by atoms with van der Waals surface area (Å²) >= 11 is 1.80. The molecular weight excluding hydrogens is 450 g/mol. The lowest BCUT2D eigenvalue weighted by Gasteiger charge is -2.37. The summed E-state index contributed by atoms with van der Waals surface area (Å²) in [5.41, 5.74) is 1.62. The van der Waals surface area contributed by atoms with Crippen LogP contribution in [0.25, 0.3) is 10.9 Å². The van der Waals surface area contributed by atoms with Crippen LogP contribution in [0, 0.1) is 11.8 Å². The number of aromatic nitrogens is 2. The smallest absolute Gasteiger partial charge is 0.308 e. The van der Waals surface area contributed by atoms with Gasteiger partial charge in [0, 0.05) is 43.7 Å². The molecule has 182 valence electrons. The maximum atomic E-state index is 12.1. The van der Waals surface area contributed by atoms with E-state index < -0.39 is 18.0 Å². The quantitative estimate of drug-likeness (QED) is 0.418. The van der Waals surface area contributed by atoms with Crippen LogP contribution in [-0.4, -0.2) is 63.1 Å². The molecule has 3 atom stereocenters. The zero-order valence-electron chi connectivity index (χ0n) is 19.8. The second-order valence-electron chi connectivity index (χ2n) is 8.98. The van der Waals surface area contributed by atoms with Gasteiger partial charge in [0.1, 0.15) is 5.75 Å². The Morgan fingerprint density at radius 2 is 2.18 bits per heavy atom. The Bertz CT molecular complexity index is 1120. The molecule has 2 N–H and O–H groups in total. The van der Waals surface area contributed by atoms with Crippen molar-refractivity contribution in [3.05, 3.63) is 54.4 Å². The van der Waals surface area contributed by atoms with E-state index in [0.717, 1.165) is 47.5 Å². The maximum Gasteiger partial charge on any atom is 0.308 e. The highest BCUT2D eigenvalue weighted by Gasteiger charge is 2.34. The molecule has 0 unspecified atom stereocenters. The van der Waals surface area contributed by atoms with Gasteiger partial charge in [0.05, 0.1) is 29.7 Å². The number of hydrogen-bond donors (Lipinski definition) is 2. The number of likely N-dealkylation sites (tertiary alicyclic amines) is 1. The number of nitrogens with zero attached hydrogens (tertiary/aromatic N) is 3. The number of hydrogen-bond acceptors (Lipinski definition) is 6. The molecule has 0 bridgehead atoms. The summed E-state index contributed by atoms with van der Waals surface area (Å²) in [6.07, 6.45) is 5.11. The Kier molecular flexibility index (Phi) is 8.13. The summed E-state index contributed by atoms with van der Waals surface area (Å²) in [7, 11) is 3.65. The molecule has 4 rings (SSSR count). The maximum absolute atomic E-state index is 12.1. The predicted molar refractivity (Wildman–Crippen MR) is 134 cm³/mol. The normalized spacial score (nSPS) is 19.9. The molecule has 0 amide bonds. The van der Waals surface area contributed by atoms with Crippen LogP contribution >= 0.6 is 11.8 Å². The van der Waals surface area contributed by atoms with Crippen molar-refractivity contribution in [2.75, 3.05) is 32.5 Å². The van der Waals surface area contributed by atoms with E-state index in [9.17, 15) is 15.0 Å². The van der Waals surface area contributed by atoms with Gasteiger partial charge < -0.3 is 24.4 Å². The second-order valence-corrected chi connectivity index (χ2v) is 10.1. The zero-order chi connectivity index (χ0) is 24.1. The largest absolute Gasteiger partial charge is 0.497 e. The summed E-state index contributed by atoms with van der Waals surface area (Å²) in [5, 5.41) is 23.0. The van der Waals surface area contributed by atoms with Crippen LogP contribution in [-0.2, 0) is 11.8 Å². The molecule has 1 aliphatic rings. The van der Waals surface area contributed by atoms with Crippen molar-refractivity contribution in [1.29, 1.82) is 0 Å². The molecule has 0 spiro atoms. The number of carboxylic acids is 1. The highest BCUT2D eigenvalue weighted by Crippen LogP contribution is 2.34. The molecule has 34 heavy (non-hydrogen) atoms. The third kappa shape index (κ3) is 5.74. The van der Waals surface area contributed by atoms with Crippen molar-refractivity contribution in [3.8, 4) is 5.75 Å². The number of carbonyl (C=O) groups is 1. The monoisotopic (exact) mass is 483 g/mol. The topological polar surface area (TPSA) is 87.8 Å². The predicted octanol–water partition coefficient (Wildman–Crippen LogP) is 4.21. The fraction of sp³-hybridized carbons (Fsp3) is 0.462. The number of thioether (sulfide) groups is 1. The second kappa shape index (κ2) is 11.3. The van der Waals surface area contributed by atoms with Crippen molar-refractivity contribution < 1.29 is 19.7 Å². The van der Waals surface area contributed by atoms with E-state index in [2.05, 4.69) is 20.5 Å². The minimum Gasteiger partial charge on any atom is -0.497 e. The van der Waals surface area contributed by atoms with Crippen molar-refractivity contribution in [3.63, 3.8) is 0 Å². The summed E-state index contributed by atoms with van der Waals surface area (Å²) in [5.74, 6) is 0.573. The van der Waals surface area contributed by atoms with E-state index in [1.54, 1.807) is 25.1 Å². The van der Waals surface area contributed by atoms with Gasteiger partial charge in [-0.3, -0.25) is 9.78 Å². The number of aliphatic carboxylic acids is 1. The van der Waals surface area contributed by atoms with Gasteiger partial charge >= 0.3 is 5.97 Å². The Balaban J connectivity index is 1.34. The van der Waals surface area contributed by atoms with Crippen LogP contribution in [0.5, 0.6) is 5.75 Å². The van der Waals surface area contributed by atoms with Gasteiger partial charge in [-0.05, 0) is 73.7 Å². The molecule has 3 aromatic rings. The SMILES string of the molecule is COc1ccc2nccc([C@@H](O)CC[C@@H]3CCN(CCSc4cccn4C)C[C@@H]3C(=O)O)c2c1. The van der Waals surface area contributed by atoms with E-state index in [-0.39, 0.29) is 5.92 Å². The first-order valence-corrected chi connectivity index (χ1v) is 12.7. The molecule has 0 saturated carbocycles. The number of pyridine rings is 1. The summed E-state index contributed by atoms with van der Waals surface area (Å²) in [6, 6.07) is 11.6. The zero-order valence-corrected chi connectivity index (χ0v) is 20.6. The molecule has 3 heterocycles. The van der Waals surface area contributed by atoms with E-state index in [0.29, 0.717) is 19.4 Å². The number of piperidine rings is 1. The van der Waals surface area contributed by atoms with Gasteiger partial charge in [-0.1, -0.05) is 0 Å². The molecule has 0 radical (unpaired) electrons. The number of aryl methyl sites for hydroxylation is 1. The molecule has 0 aliphatic carbocycles. The van der Waals surface area contributed by atoms with E-state index >= 15 is 0 Å². The number of carboxylic acid groups (broad SMARTS) is 1. The lowest BCUT2D eigenvalue weighted by atomic mass is 9.81. The number of aliphatic hydroxyl groups excluding tert-OH is 1. The first-order valence-electron chi connectivity index (χ1n) is 11.8. The Labute approximate surface area is 204 Å². The van der Waals surface area contributed by atoms with Crippen LogP contribution < -0.4 is 4.74 Å². The third-order valence-electron chi connectivity index (χ3n) is 6.86. The Hall–Kier alpha value is -2.55. The van der Waals surface area contributed by atoms with E-state index in [1.165, 1.54) is 5.03 Å². The molecule has 7 nitrogen and oxygen atoms in total.